The standard InChI is InChI=1S/C14H23NO4/c1-14(2,3)19-13(18)15-9-5-4-6-11(15)10(8-7-9)12(16)17/h9-11H,4-8H2,1-3H3,(H,16,17)/t9-,10+,11+/m0/s1. The van der Waals surface area contributed by atoms with E-state index >= 15 is 0 Å². The van der Waals surface area contributed by atoms with Gasteiger partial charge in [-0.05, 0) is 52.9 Å². The molecular formula is C14H23NO4. The normalized spacial score (nSPS) is 30.9. The van der Waals surface area contributed by atoms with Crippen LogP contribution in [-0.4, -0.2) is 39.8 Å². The number of amides is 1. The van der Waals surface area contributed by atoms with Crippen molar-refractivity contribution in [2.24, 2.45) is 5.92 Å². The Balaban J connectivity index is 2.17. The first-order chi connectivity index (χ1) is 8.79. The van der Waals surface area contributed by atoms with Crippen molar-refractivity contribution in [3.05, 3.63) is 0 Å². The molecule has 0 aromatic heterocycles. The molecule has 19 heavy (non-hydrogen) atoms. The molecule has 0 aliphatic carbocycles. The molecule has 0 aromatic rings. The second kappa shape index (κ2) is 5.02. The lowest BCUT2D eigenvalue weighted by molar-refractivity contribution is -0.148. The van der Waals surface area contributed by atoms with E-state index in [1.54, 1.807) is 4.90 Å². The van der Waals surface area contributed by atoms with Gasteiger partial charge in [-0.25, -0.2) is 4.79 Å². The molecule has 3 atom stereocenters. The summed E-state index contributed by atoms with van der Waals surface area (Å²) in [6.07, 6.45) is 3.82. The molecule has 2 heterocycles. The summed E-state index contributed by atoms with van der Waals surface area (Å²) in [7, 11) is 0. The van der Waals surface area contributed by atoms with Crippen molar-refractivity contribution < 1.29 is 19.4 Å². The fraction of sp³-hybridized carbons (Fsp3) is 0.857. The molecule has 2 aliphatic heterocycles. The minimum atomic E-state index is -0.793. The van der Waals surface area contributed by atoms with Gasteiger partial charge in [-0.1, -0.05) is 0 Å². The number of carbonyl (C=O) groups is 2. The van der Waals surface area contributed by atoms with E-state index in [-0.39, 0.29) is 18.2 Å². The lowest BCUT2D eigenvalue weighted by atomic mass is 9.78. The van der Waals surface area contributed by atoms with Gasteiger partial charge in [0.2, 0.25) is 0 Å². The van der Waals surface area contributed by atoms with Crippen molar-refractivity contribution >= 4 is 12.1 Å². The Labute approximate surface area is 113 Å². The van der Waals surface area contributed by atoms with Crippen LogP contribution in [0.15, 0.2) is 0 Å². The first-order valence-corrected chi connectivity index (χ1v) is 7.04. The summed E-state index contributed by atoms with van der Waals surface area (Å²) in [5, 5.41) is 9.30. The lowest BCUT2D eigenvalue weighted by Gasteiger charge is -2.48. The quantitative estimate of drug-likeness (QED) is 0.794. The van der Waals surface area contributed by atoms with E-state index in [4.69, 9.17) is 4.74 Å². The van der Waals surface area contributed by atoms with Gasteiger partial charge in [0, 0.05) is 12.1 Å². The maximum atomic E-state index is 12.3. The minimum Gasteiger partial charge on any atom is -0.481 e. The van der Waals surface area contributed by atoms with Gasteiger partial charge in [0.05, 0.1) is 5.92 Å². The van der Waals surface area contributed by atoms with Crippen LogP contribution < -0.4 is 0 Å². The van der Waals surface area contributed by atoms with E-state index in [0.717, 1.165) is 25.7 Å². The molecule has 2 bridgehead atoms. The Hall–Kier alpha value is -1.26. The second-order valence-corrected chi connectivity index (χ2v) is 6.56. The number of hydrogen-bond donors (Lipinski definition) is 1. The van der Waals surface area contributed by atoms with Crippen LogP contribution in [0.25, 0.3) is 0 Å². The monoisotopic (exact) mass is 269 g/mol. The first-order valence-electron chi connectivity index (χ1n) is 7.04. The molecule has 0 aromatic carbocycles. The molecule has 2 aliphatic rings. The number of piperidine rings is 2. The summed E-state index contributed by atoms with van der Waals surface area (Å²) in [4.78, 5) is 25.3. The predicted molar refractivity (Wildman–Crippen MR) is 69.9 cm³/mol. The Morgan fingerprint density at radius 3 is 2.42 bits per heavy atom. The van der Waals surface area contributed by atoms with Gasteiger partial charge in [0.1, 0.15) is 5.60 Å². The highest BCUT2D eigenvalue weighted by Gasteiger charge is 2.46. The van der Waals surface area contributed by atoms with Crippen molar-refractivity contribution in [3.63, 3.8) is 0 Å². The highest BCUT2D eigenvalue weighted by Crippen LogP contribution is 2.38. The number of fused-ring (bicyclic) bond motifs is 2. The van der Waals surface area contributed by atoms with Crippen LogP contribution >= 0.6 is 0 Å². The molecule has 0 saturated carbocycles. The van der Waals surface area contributed by atoms with E-state index in [1.807, 2.05) is 20.8 Å². The second-order valence-electron chi connectivity index (χ2n) is 6.56. The van der Waals surface area contributed by atoms with Gasteiger partial charge in [-0.3, -0.25) is 4.79 Å². The smallest absolute Gasteiger partial charge is 0.410 e. The number of hydrogen-bond acceptors (Lipinski definition) is 3. The van der Waals surface area contributed by atoms with Crippen molar-refractivity contribution in [1.82, 2.24) is 4.90 Å². The van der Waals surface area contributed by atoms with E-state index in [1.165, 1.54) is 0 Å². The largest absolute Gasteiger partial charge is 0.481 e. The zero-order chi connectivity index (χ0) is 14.2. The zero-order valence-electron chi connectivity index (χ0n) is 11.9. The number of nitrogens with zero attached hydrogens (tertiary/aromatic N) is 1. The minimum absolute atomic E-state index is 0.157. The van der Waals surface area contributed by atoms with Crippen LogP contribution in [0, 0.1) is 5.92 Å². The summed E-state index contributed by atoms with van der Waals surface area (Å²) in [6, 6.07) is -0.0379. The molecule has 5 nitrogen and oxygen atoms in total. The average Bonchev–Trinajstić information content (AvgIpc) is 2.25. The van der Waals surface area contributed by atoms with Crippen molar-refractivity contribution in [1.29, 1.82) is 0 Å². The number of carbonyl (C=O) groups excluding carboxylic acids is 1. The maximum Gasteiger partial charge on any atom is 0.410 e. The number of carboxylic acids is 1. The van der Waals surface area contributed by atoms with E-state index in [9.17, 15) is 14.7 Å². The molecule has 108 valence electrons. The molecule has 0 spiro atoms. The Morgan fingerprint density at radius 1 is 1.16 bits per heavy atom. The SMILES string of the molecule is CC(C)(C)OC(=O)N1[C@H]2CCC[C@@H]1[C@H](C(=O)O)CC2. The van der Waals surface area contributed by atoms with Crippen molar-refractivity contribution in [2.75, 3.05) is 0 Å². The summed E-state index contributed by atoms with van der Waals surface area (Å²) >= 11 is 0. The fourth-order valence-corrected chi connectivity index (χ4v) is 3.24. The fourth-order valence-electron chi connectivity index (χ4n) is 3.24. The van der Waals surface area contributed by atoms with Crippen LogP contribution in [0.4, 0.5) is 4.79 Å². The Bertz CT molecular complexity index is 374. The summed E-state index contributed by atoms with van der Waals surface area (Å²) in [5.41, 5.74) is -0.540. The average molecular weight is 269 g/mol. The highest BCUT2D eigenvalue weighted by atomic mass is 16.6. The molecule has 1 N–H and O–H groups in total. The van der Waals surface area contributed by atoms with E-state index in [0.29, 0.717) is 6.42 Å². The third-order valence-electron chi connectivity index (χ3n) is 3.98. The third-order valence-corrected chi connectivity index (χ3v) is 3.98. The molecule has 0 unspecified atom stereocenters. The lowest BCUT2D eigenvalue weighted by Crippen LogP contribution is -2.58. The topological polar surface area (TPSA) is 66.8 Å². The number of carboxylic acid groups (broad SMARTS) is 1. The van der Waals surface area contributed by atoms with Gasteiger partial charge in [0.25, 0.3) is 0 Å². The molecule has 5 heteroatoms. The summed E-state index contributed by atoms with van der Waals surface area (Å²) < 4.78 is 5.44. The summed E-state index contributed by atoms with van der Waals surface area (Å²) in [5.74, 6) is -1.23. The van der Waals surface area contributed by atoms with Gasteiger partial charge in [-0.15, -0.1) is 0 Å². The van der Waals surface area contributed by atoms with E-state index < -0.39 is 17.5 Å². The Morgan fingerprint density at radius 2 is 1.84 bits per heavy atom. The van der Waals surface area contributed by atoms with Crippen LogP contribution in [0.3, 0.4) is 0 Å². The molecule has 0 radical (unpaired) electrons. The predicted octanol–water partition coefficient (Wildman–Crippen LogP) is 2.64. The van der Waals surface area contributed by atoms with Crippen LogP contribution in [0.5, 0.6) is 0 Å². The van der Waals surface area contributed by atoms with Gasteiger partial charge in [0.15, 0.2) is 0 Å². The first kappa shape index (κ1) is 14.2. The number of rotatable bonds is 1. The van der Waals surface area contributed by atoms with E-state index in [2.05, 4.69) is 0 Å². The van der Waals surface area contributed by atoms with Gasteiger partial charge in [-0.2, -0.15) is 0 Å². The van der Waals surface area contributed by atoms with Crippen LogP contribution in [0.1, 0.15) is 52.9 Å². The zero-order valence-corrected chi connectivity index (χ0v) is 11.9. The summed E-state index contributed by atoms with van der Waals surface area (Å²) in [6.45, 7) is 5.50. The van der Waals surface area contributed by atoms with Crippen LogP contribution in [0.2, 0.25) is 0 Å². The molecule has 2 fully saturated rings. The van der Waals surface area contributed by atoms with Crippen molar-refractivity contribution in [3.8, 4) is 0 Å². The van der Waals surface area contributed by atoms with Gasteiger partial charge < -0.3 is 14.7 Å². The Kier molecular flexibility index (Phi) is 3.74. The van der Waals surface area contributed by atoms with Gasteiger partial charge >= 0.3 is 12.1 Å². The molecule has 2 saturated heterocycles. The molecule has 1 amide bonds. The van der Waals surface area contributed by atoms with Crippen LogP contribution in [-0.2, 0) is 9.53 Å². The number of ether oxygens (including phenoxy) is 1. The molecular weight excluding hydrogens is 246 g/mol. The molecule has 2 rings (SSSR count). The third kappa shape index (κ3) is 3.01. The maximum absolute atomic E-state index is 12.3. The highest BCUT2D eigenvalue weighted by molar-refractivity contribution is 5.74. The van der Waals surface area contributed by atoms with Crippen molar-refractivity contribution in [2.45, 2.75) is 70.6 Å². The number of aliphatic carboxylic acids is 1.